The molecule has 0 saturated carbocycles. The summed E-state index contributed by atoms with van der Waals surface area (Å²) in [7, 11) is 0. The van der Waals surface area contributed by atoms with Gasteiger partial charge in [-0.15, -0.1) is 0 Å². The molecule has 0 amide bonds. The fourth-order valence-electron chi connectivity index (χ4n) is 1.46. The molecule has 0 heterocycles. The maximum Gasteiger partial charge on any atom is 0.133 e. The van der Waals surface area contributed by atoms with E-state index in [0.717, 1.165) is 0 Å². The topological polar surface area (TPSA) is 0 Å². The van der Waals surface area contributed by atoms with Gasteiger partial charge in [0.1, 0.15) is 17.5 Å². The summed E-state index contributed by atoms with van der Waals surface area (Å²) in [4.78, 5) is 0. The van der Waals surface area contributed by atoms with Gasteiger partial charge in [0, 0.05) is 5.56 Å². The Kier molecular flexibility index (Phi) is 3.28. The summed E-state index contributed by atoms with van der Waals surface area (Å²) in [6.07, 6.45) is 2.75. The summed E-state index contributed by atoms with van der Waals surface area (Å²) >= 11 is 0. The molecule has 0 bridgehead atoms. The van der Waals surface area contributed by atoms with Crippen LogP contribution in [0, 0.1) is 17.5 Å². The molecule has 0 aliphatic carbocycles. The van der Waals surface area contributed by atoms with Crippen molar-refractivity contribution in [1.82, 2.24) is 0 Å². The molecule has 0 aliphatic heterocycles. The molecule has 0 aromatic heterocycles. The van der Waals surface area contributed by atoms with E-state index in [-0.39, 0.29) is 11.4 Å². The second-order valence-electron chi connectivity index (χ2n) is 3.52. The predicted octanol–water partition coefficient (Wildman–Crippen LogP) is 4.27. The quantitative estimate of drug-likeness (QED) is 0.680. The molecule has 0 atom stereocenters. The summed E-state index contributed by atoms with van der Waals surface area (Å²) in [5.74, 6) is -1.67. The molecule has 2 aromatic rings. The molecular weight excluding hydrogens is 225 g/mol. The maximum atomic E-state index is 13.3. The van der Waals surface area contributed by atoms with Crippen molar-refractivity contribution in [3.05, 3.63) is 71.0 Å². The van der Waals surface area contributed by atoms with Crippen LogP contribution in [0.2, 0.25) is 0 Å². The van der Waals surface area contributed by atoms with Crippen molar-refractivity contribution in [3.63, 3.8) is 0 Å². The number of hydrogen-bond acceptors (Lipinski definition) is 0. The predicted molar refractivity (Wildman–Crippen MR) is 61.7 cm³/mol. The number of rotatable bonds is 2. The second kappa shape index (κ2) is 4.87. The Labute approximate surface area is 97.0 Å². The standard InChI is InChI=1S/C14H9F3/c15-11-4-1-3-10(9-11)7-8-12-13(16)5-2-6-14(12)17/h1-9H/b8-7+. The van der Waals surface area contributed by atoms with Crippen LogP contribution >= 0.6 is 0 Å². The fraction of sp³-hybridized carbons (Fsp3) is 0. The van der Waals surface area contributed by atoms with Crippen molar-refractivity contribution in [2.45, 2.75) is 0 Å². The first-order valence-electron chi connectivity index (χ1n) is 5.04. The normalized spacial score (nSPS) is 11.0. The summed E-state index contributed by atoms with van der Waals surface area (Å²) in [5.41, 5.74) is 0.421. The van der Waals surface area contributed by atoms with Gasteiger partial charge in [-0.1, -0.05) is 24.3 Å². The largest absolute Gasteiger partial charge is 0.207 e. The number of benzene rings is 2. The highest BCUT2D eigenvalue weighted by atomic mass is 19.1. The van der Waals surface area contributed by atoms with Gasteiger partial charge in [0.2, 0.25) is 0 Å². The average Bonchev–Trinajstić information content (AvgIpc) is 2.28. The van der Waals surface area contributed by atoms with E-state index < -0.39 is 11.6 Å². The zero-order valence-corrected chi connectivity index (χ0v) is 8.83. The zero-order chi connectivity index (χ0) is 12.3. The van der Waals surface area contributed by atoms with Crippen molar-refractivity contribution in [2.24, 2.45) is 0 Å². The SMILES string of the molecule is Fc1cccc(/C=C/c2c(F)cccc2F)c1. The van der Waals surface area contributed by atoms with Crippen LogP contribution in [0.1, 0.15) is 11.1 Å². The third kappa shape index (κ3) is 2.75. The Hall–Kier alpha value is -2.03. The van der Waals surface area contributed by atoms with Crippen molar-refractivity contribution in [3.8, 4) is 0 Å². The lowest BCUT2D eigenvalue weighted by molar-refractivity contribution is 0.579. The lowest BCUT2D eigenvalue weighted by Crippen LogP contribution is -1.87. The molecule has 0 aliphatic rings. The van der Waals surface area contributed by atoms with Gasteiger partial charge in [0.25, 0.3) is 0 Å². The van der Waals surface area contributed by atoms with Crippen LogP contribution in [0.5, 0.6) is 0 Å². The maximum absolute atomic E-state index is 13.3. The Bertz CT molecular complexity index is 539. The average molecular weight is 234 g/mol. The molecule has 0 N–H and O–H groups in total. The Morgan fingerprint density at radius 1 is 0.765 bits per heavy atom. The smallest absolute Gasteiger partial charge is 0.133 e. The molecule has 2 aromatic carbocycles. The van der Waals surface area contributed by atoms with Crippen LogP contribution in [-0.4, -0.2) is 0 Å². The molecule has 0 unspecified atom stereocenters. The van der Waals surface area contributed by atoms with E-state index in [1.54, 1.807) is 6.07 Å². The third-order valence-electron chi connectivity index (χ3n) is 2.29. The first kappa shape index (κ1) is 11.5. The summed E-state index contributed by atoms with van der Waals surface area (Å²) in [6.45, 7) is 0. The van der Waals surface area contributed by atoms with Gasteiger partial charge in [-0.3, -0.25) is 0 Å². The summed E-state index contributed by atoms with van der Waals surface area (Å²) < 4.78 is 39.4. The number of halogens is 3. The van der Waals surface area contributed by atoms with Crippen LogP contribution < -0.4 is 0 Å². The first-order valence-corrected chi connectivity index (χ1v) is 5.04. The van der Waals surface area contributed by atoms with E-state index in [2.05, 4.69) is 0 Å². The third-order valence-corrected chi connectivity index (χ3v) is 2.29. The van der Waals surface area contributed by atoms with Crippen LogP contribution in [0.4, 0.5) is 13.2 Å². The Morgan fingerprint density at radius 2 is 1.41 bits per heavy atom. The van der Waals surface area contributed by atoms with Crippen LogP contribution in [0.3, 0.4) is 0 Å². The van der Waals surface area contributed by atoms with Crippen LogP contribution in [-0.2, 0) is 0 Å². The first-order chi connectivity index (χ1) is 8.16. The molecule has 17 heavy (non-hydrogen) atoms. The van der Waals surface area contributed by atoms with Crippen molar-refractivity contribution in [1.29, 1.82) is 0 Å². The lowest BCUT2D eigenvalue weighted by Gasteiger charge is -1.98. The highest BCUT2D eigenvalue weighted by Crippen LogP contribution is 2.16. The minimum absolute atomic E-state index is 0.128. The molecule has 0 fully saturated rings. The molecule has 86 valence electrons. The van der Waals surface area contributed by atoms with Gasteiger partial charge in [-0.2, -0.15) is 0 Å². The van der Waals surface area contributed by atoms with Gasteiger partial charge < -0.3 is 0 Å². The van der Waals surface area contributed by atoms with Gasteiger partial charge >= 0.3 is 0 Å². The fourth-order valence-corrected chi connectivity index (χ4v) is 1.46. The van der Waals surface area contributed by atoms with Crippen LogP contribution in [0.25, 0.3) is 12.2 Å². The molecule has 0 spiro atoms. The van der Waals surface area contributed by atoms with Gasteiger partial charge in [0.15, 0.2) is 0 Å². The van der Waals surface area contributed by atoms with E-state index in [0.29, 0.717) is 5.56 Å². The Balaban J connectivity index is 2.32. The van der Waals surface area contributed by atoms with Gasteiger partial charge in [-0.25, -0.2) is 13.2 Å². The van der Waals surface area contributed by atoms with E-state index in [9.17, 15) is 13.2 Å². The van der Waals surface area contributed by atoms with E-state index in [4.69, 9.17) is 0 Å². The molecule has 0 saturated heterocycles. The highest BCUT2D eigenvalue weighted by molar-refractivity contribution is 5.70. The lowest BCUT2D eigenvalue weighted by atomic mass is 10.1. The highest BCUT2D eigenvalue weighted by Gasteiger charge is 2.03. The van der Waals surface area contributed by atoms with Gasteiger partial charge in [0.05, 0.1) is 0 Å². The molecule has 2 rings (SSSR count). The molecule has 3 heteroatoms. The van der Waals surface area contributed by atoms with E-state index >= 15 is 0 Å². The summed E-state index contributed by atoms with van der Waals surface area (Å²) in [5, 5.41) is 0. The van der Waals surface area contributed by atoms with E-state index in [1.807, 2.05) is 0 Å². The molecule has 0 nitrogen and oxygen atoms in total. The number of hydrogen-bond donors (Lipinski definition) is 0. The monoisotopic (exact) mass is 234 g/mol. The van der Waals surface area contributed by atoms with E-state index in [1.165, 1.54) is 48.6 Å². The van der Waals surface area contributed by atoms with Crippen molar-refractivity contribution >= 4 is 12.2 Å². The Morgan fingerprint density at radius 3 is 2.06 bits per heavy atom. The minimum atomic E-state index is -0.641. The van der Waals surface area contributed by atoms with Crippen molar-refractivity contribution < 1.29 is 13.2 Å². The summed E-state index contributed by atoms with van der Waals surface area (Å²) in [6, 6.07) is 9.42. The molecular formula is C14H9F3. The van der Waals surface area contributed by atoms with Crippen LogP contribution in [0.15, 0.2) is 42.5 Å². The molecule has 0 radical (unpaired) electrons. The van der Waals surface area contributed by atoms with Crippen molar-refractivity contribution in [2.75, 3.05) is 0 Å². The van der Waals surface area contributed by atoms with Gasteiger partial charge in [-0.05, 0) is 35.9 Å². The second-order valence-corrected chi connectivity index (χ2v) is 3.52. The zero-order valence-electron chi connectivity index (χ0n) is 8.83. The minimum Gasteiger partial charge on any atom is -0.207 e.